The Morgan fingerprint density at radius 1 is 1.21 bits per heavy atom. The maximum atomic E-state index is 11.8. The lowest BCUT2D eigenvalue weighted by Crippen LogP contribution is -2.37. The van der Waals surface area contributed by atoms with Crippen molar-refractivity contribution in [3.63, 3.8) is 0 Å². The lowest BCUT2D eigenvalue weighted by molar-refractivity contribution is -0.137. The van der Waals surface area contributed by atoms with Crippen molar-refractivity contribution in [1.82, 2.24) is 5.32 Å². The Labute approximate surface area is 113 Å². The van der Waals surface area contributed by atoms with Crippen LogP contribution in [-0.2, 0) is 4.79 Å². The number of amides is 2. The number of aliphatic carboxylic acids is 1. The average Bonchev–Trinajstić information content (AvgIpc) is 2.27. The summed E-state index contributed by atoms with van der Waals surface area (Å²) in [6, 6.07) is 6.76. The predicted molar refractivity (Wildman–Crippen MR) is 74.4 cm³/mol. The van der Waals surface area contributed by atoms with Crippen LogP contribution >= 0.6 is 0 Å². The first-order valence-electron chi connectivity index (χ1n) is 6.28. The molecule has 1 aromatic carbocycles. The number of carbonyl (C=O) groups is 2. The van der Waals surface area contributed by atoms with E-state index in [0.717, 1.165) is 11.3 Å². The Morgan fingerprint density at radius 3 is 2.42 bits per heavy atom. The van der Waals surface area contributed by atoms with Crippen molar-refractivity contribution in [3.8, 4) is 0 Å². The van der Waals surface area contributed by atoms with Gasteiger partial charge in [0, 0.05) is 11.7 Å². The number of rotatable bonds is 5. The topological polar surface area (TPSA) is 78.4 Å². The number of carboxylic acids is 1. The summed E-state index contributed by atoms with van der Waals surface area (Å²) in [5.74, 6) is -0.636. The van der Waals surface area contributed by atoms with E-state index in [9.17, 15) is 9.59 Å². The van der Waals surface area contributed by atoms with Crippen molar-refractivity contribution in [1.29, 1.82) is 0 Å². The minimum absolute atomic E-state index is 0.0980. The molecule has 1 aromatic rings. The Balaban J connectivity index is 2.64. The molecule has 19 heavy (non-hydrogen) atoms. The summed E-state index contributed by atoms with van der Waals surface area (Å²) < 4.78 is 0. The van der Waals surface area contributed by atoms with Gasteiger partial charge in [-0.2, -0.15) is 0 Å². The molecular formula is C14H20N2O3. The van der Waals surface area contributed by atoms with Crippen molar-refractivity contribution in [2.24, 2.45) is 0 Å². The first-order chi connectivity index (χ1) is 8.90. The lowest BCUT2D eigenvalue weighted by Gasteiger charge is -2.16. The third kappa shape index (κ3) is 4.99. The van der Waals surface area contributed by atoms with E-state index in [0.29, 0.717) is 5.92 Å². The molecule has 1 unspecified atom stereocenters. The van der Waals surface area contributed by atoms with E-state index >= 15 is 0 Å². The van der Waals surface area contributed by atoms with Gasteiger partial charge in [0.25, 0.3) is 0 Å². The summed E-state index contributed by atoms with van der Waals surface area (Å²) in [6.45, 7) is 5.75. The van der Waals surface area contributed by atoms with E-state index in [1.807, 2.05) is 38.1 Å². The molecule has 0 aromatic heterocycles. The van der Waals surface area contributed by atoms with Gasteiger partial charge < -0.3 is 15.7 Å². The summed E-state index contributed by atoms with van der Waals surface area (Å²) in [5, 5.41) is 14.0. The van der Waals surface area contributed by atoms with Crippen molar-refractivity contribution in [2.75, 3.05) is 5.32 Å². The third-order valence-corrected chi connectivity index (χ3v) is 2.69. The summed E-state index contributed by atoms with van der Waals surface area (Å²) in [6.07, 6.45) is -0.0980. The molecule has 0 aliphatic heterocycles. The second-order valence-corrected chi connectivity index (χ2v) is 4.84. The molecule has 1 atom stereocenters. The number of urea groups is 1. The first-order valence-corrected chi connectivity index (χ1v) is 6.28. The Kier molecular flexibility index (Phi) is 5.36. The number of hydrogen-bond acceptors (Lipinski definition) is 2. The van der Waals surface area contributed by atoms with Crippen LogP contribution in [0.2, 0.25) is 0 Å². The van der Waals surface area contributed by atoms with Crippen LogP contribution in [0.5, 0.6) is 0 Å². The van der Waals surface area contributed by atoms with Crippen molar-refractivity contribution < 1.29 is 14.7 Å². The van der Waals surface area contributed by atoms with Crippen LogP contribution in [0.15, 0.2) is 24.3 Å². The van der Waals surface area contributed by atoms with E-state index in [1.54, 1.807) is 6.92 Å². The number of carboxylic acid groups (broad SMARTS) is 1. The molecule has 0 heterocycles. The molecule has 0 saturated heterocycles. The van der Waals surface area contributed by atoms with Gasteiger partial charge in [-0.3, -0.25) is 4.79 Å². The fourth-order valence-corrected chi connectivity index (χ4v) is 1.81. The van der Waals surface area contributed by atoms with E-state index in [-0.39, 0.29) is 12.5 Å². The third-order valence-electron chi connectivity index (χ3n) is 2.69. The number of nitrogens with one attached hydrogen (secondary N) is 2. The van der Waals surface area contributed by atoms with E-state index in [2.05, 4.69) is 10.6 Å². The van der Waals surface area contributed by atoms with Crippen LogP contribution in [0, 0.1) is 0 Å². The Morgan fingerprint density at radius 2 is 1.84 bits per heavy atom. The summed E-state index contributed by atoms with van der Waals surface area (Å²) in [4.78, 5) is 22.3. The van der Waals surface area contributed by atoms with Gasteiger partial charge in [0.1, 0.15) is 0 Å². The minimum Gasteiger partial charge on any atom is -0.481 e. The van der Waals surface area contributed by atoms with Crippen LogP contribution in [0.3, 0.4) is 0 Å². The zero-order valence-electron chi connectivity index (χ0n) is 11.4. The second-order valence-electron chi connectivity index (χ2n) is 4.84. The first kappa shape index (κ1) is 15.0. The SMILES string of the molecule is CC(CC(=O)O)NC(=O)Nc1ccccc1C(C)C. The molecule has 0 aliphatic carbocycles. The number of para-hydroxylation sites is 1. The highest BCUT2D eigenvalue weighted by molar-refractivity contribution is 5.90. The molecule has 0 fully saturated rings. The van der Waals surface area contributed by atoms with E-state index in [1.165, 1.54) is 0 Å². The zero-order valence-corrected chi connectivity index (χ0v) is 11.4. The summed E-state index contributed by atoms with van der Waals surface area (Å²) >= 11 is 0. The standard InChI is InChI=1S/C14H20N2O3/c1-9(2)11-6-4-5-7-12(11)16-14(19)15-10(3)8-13(17)18/h4-7,9-10H,8H2,1-3H3,(H,17,18)(H2,15,16,19). The normalized spacial score (nSPS) is 12.0. The van der Waals surface area contributed by atoms with Crippen molar-refractivity contribution in [2.45, 2.75) is 39.2 Å². The zero-order chi connectivity index (χ0) is 14.4. The van der Waals surface area contributed by atoms with Crippen molar-refractivity contribution >= 4 is 17.7 Å². The molecule has 0 saturated carbocycles. The molecule has 5 nitrogen and oxygen atoms in total. The van der Waals surface area contributed by atoms with Gasteiger partial charge in [-0.05, 0) is 24.5 Å². The second kappa shape index (κ2) is 6.78. The van der Waals surface area contributed by atoms with Gasteiger partial charge in [0.2, 0.25) is 0 Å². The molecule has 0 bridgehead atoms. The lowest BCUT2D eigenvalue weighted by atomic mass is 10.0. The average molecular weight is 264 g/mol. The van der Waals surface area contributed by atoms with E-state index in [4.69, 9.17) is 5.11 Å². The summed E-state index contributed by atoms with van der Waals surface area (Å²) in [5.41, 5.74) is 1.79. The van der Waals surface area contributed by atoms with Gasteiger partial charge in [0.15, 0.2) is 0 Å². The highest BCUT2D eigenvalue weighted by Gasteiger charge is 2.12. The fourth-order valence-electron chi connectivity index (χ4n) is 1.81. The molecule has 1 rings (SSSR count). The maximum absolute atomic E-state index is 11.8. The summed E-state index contributed by atoms with van der Waals surface area (Å²) in [7, 11) is 0. The highest BCUT2D eigenvalue weighted by atomic mass is 16.4. The fraction of sp³-hybridized carbons (Fsp3) is 0.429. The van der Waals surface area contributed by atoms with Crippen LogP contribution in [0.25, 0.3) is 0 Å². The van der Waals surface area contributed by atoms with Crippen LogP contribution in [-0.4, -0.2) is 23.1 Å². The Bertz CT molecular complexity index is 458. The molecule has 104 valence electrons. The number of hydrogen-bond donors (Lipinski definition) is 3. The maximum Gasteiger partial charge on any atom is 0.319 e. The largest absolute Gasteiger partial charge is 0.481 e. The molecular weight excluding hydrogens is 244 g/mol. The number of carbonyl (C=O) groups excluding carboxylic acids is 1. The minimum atomic E-state index is -0.935. The van der Waals surface area contributed by atoms with Crippen molar-refractivity contribution in [3.05, 3.63) is 29.8 Å². The molecule has 0 radical (unpaired) electrons. The smallest absolute Gasteiger partial charge is 0.319 e. The van der Waals surface area contributed by atoms with Gasteiger partial charge in [-0.25, -0.2) is 4.79 Å². The molecule has 0 aliphatic rings. The van der Waals surface area contributed by atoms with Crippen LogP contribution in [0.4, 0.5) is 10.5 Å². The monoisotopic (exact) mass is 264 g/mol. The molecule has 0 spiro atoms. The number of anilines is 1. The van der Waals surface area contributed by atoms with Gasteiger partial charge in [-0.15, -0.1) is 0 Å². The van der Waals surface area contributed by atoms with Gasteiger partial charge >= 0.3 is 12.0 Å². The molecule has 3 N–H and O–H groups in total. The molecule has 2 amide bonds. The van der Waals surface area contributed by atoms with Crippen LogP contribution in [0.1, 0.15) is 38.7 Å². The molecule has 5 heteroatoms. The van der Waals surface area contributed by atoms with Gasteiger partial charge in [0.05, 0.1) is 6.42 Å². The number of benzene rings is 1. The van der Waals surface area contributed by atoms with Crippen LogP contribution < -0.4 is 10.6 Å². The van der Waals surface area contributed by atoms with Gasteiger partial charge in [-0.1, -0.05) is 32.0 Å². The van der Waals surface area contributed by atoms with E-state index < -0.39 is 12.0 Å². The predicted octanol–water partition coefficient (Wildman–Crippen LogP) is 2.79. The highest BCUT2D eigenvalue weighted by Crippen LogP contribution is 2.23. The quantitative estimate of drug-likeness (QED) is 0.765. The Hall–Kier alpha value is -2.04.